The maximum absolute atomic E-state index is 10.8. The molecular formula is C13H8ClN3O3S. The van der Waals surface area contributed by atoms with E-state index < -0.39 is 4.92 Å². The van der Waals surface area contributed by atoms with Crippen LogP contribution in [0.2, 0.25) is 5.15 Å². The van der Waals surface area contributed by atoms with Crippen LogP contribution < -0.4 is 4.74 Å². The fourth-order valence-corrected chi connectivity index (χ4v) is 2.94. The zero-order valence-electron chi connectivity index (χ0n) is 10.7. The molecule has 0 spiro atoms. The highest BCUT2D eigenvalue weighted by Gasteiger charge is 2.15. The molecule has 0 fully saturated rings. The Morgan fingerprint density at radius 1 is 1.33 bits per heavy atom. The predicted octanol–water partition coefficient (Wildman–Crippen LogP) is 3.93. The van der Waals surface area contributed by atoms with E-state index in [-0.39, 0.29) is 10.8 Å². The molecule has 0 aliphatic rings. The van der Waals surface area contributed by atoms with Crippen molar-refractivity contribution < 1.29 is 9.66 Å². The largest absolute Gasteiger partial charge is 0.495 e. The summed E-state index contributed by atoms with van der Waals surface area (Å²) in [6, 6.07) is 6.14. The lowest BCUT2D eigenvalue weighted by molar-refractivity contribution is -0.384. The molecule has 0 aliphatic carbocycles. The number of hydrogen-bond donors (Lipinski definition) is 0. The Hall–Kier alpha value is -2.25. The van der Waals surface area contributed by atoms with E-state index in [4.69, 9.17) is 16.3 Å². The number of benzene rings is 1. The summed E-state index contributed by atoms with van der Waals surface area (Å²) in [5.74, 6) is 1.10. The van der Waals surface area contributed by atoms with Crippen molar-refractivity contribution in [3.63, 3.8) is 0 Å². The van der Waals surface area contributed by atoms with Crippen LogP contribution in [0.5, 0.6) is 5.75 Å². The minimum absolute atomic E-state index is 0.0468. The number of aromatic nitrogens is 2. The molecule has 0 atom stereocenters. The second-order valence-corrected chi connectivity index (χ2v) is 5.39. The van der Waals surface area contributed by atoms with Gasteiger partial charge in [0.05, 0.1) is 17.5 Å². The Morgan fingerprint density at radius 2 is 2.14 bits per heavy atom. The molecule has 0 N–H and O–H groups in total. The van der Waals surface area contributed by atoms with Crippen LogP contribution in [0.3, 0.4) is 0 Å². The Kier molecular flexibility index (Phi) is 3.44. The van der Waals surface area contributed by atoms with Crippen LogP contribution in [-0.4, -0.2) is 22.0 Å². The Labute approximate surface area is 128 Å². The van der Waals surface area contributed by atoms with E-state index in [1.807, 2.05) is 11.4 Å². The maximum atomic E-state index is 10.8. The fraction of sp³-hybridized carbons (Fsp3) is 0.0769. The molecule has 0 saturated carbocycles. The summed E-state index contributed by atoms with van der Waals surface area (Å²) >= 11 is 7.58. The van der Waals surface area contributed by atoms with E-state index in [2.05, 4.69) is 9.97 Å². The highest BCUT2D eigenvalue weighted by atomic mass is 35.5. The van der Waals surface area contributed by atoms with Crippen LogP contribution in [0.15, 0.2) is 29.6 Å². The first kappa shape index (κ1) is 13.7. The number of fused-ring (bicyclic) bond motifs is 1. The van der Waals surface area contributed by atoms with Gasteiger partial charge in [-0.2, -0.15) is 0 Å². The molecule has 2 aromatic heterocycles. The SMILES string of the molecule is COc1ccsc1-c1nc(Cl)c2cc([N+](=O)[O-])ccc2n1. The van der Waals surface area contributed by atoms with Gasteiger partial charge >= 0.3 is 0 Å². The molecule has 1 aromatic carbocycles. The third-order valence-electron chi connectivity index (χ3n) is 2.90. The summed E-state index contributed by atoms with van der Waals surface area (Å²) in [6.07, 6.45) is 0. The van der Waals surface area contributed by atoms with Crippen LogP contribution in [0, 0.1) is 10.1 Å². The third kappa shape index (κ3) is 2.41. The molecule has 8 heteroatoms. The summed E-state index contributed by atoms with van der Waals surface area (Å²) in [7, 11) is 1.57. The Morgan fingerprint density at radius 3 is 2.86 bits per heavy atom. The molecule has 3 rings (SSSR count). The van der Waals surface area contributed by atoms with Gasteiger partial charge in [0.2, 0.25) is 0 Å². The van der Waals surface area contributed by atoms with Crippen molar-refractivity contribution in [2.75, 3.05) is 7.11 Å². The van der Waals surface area contributed by atoms with E-state index in [1.54, 1.807) is 13.2 Å². The highest BCUT2D eigenvalue weighted by molar-refractivity contribution is 7.13. The van der Waals surface area contributed by atoms with Crippen LogP contribution in [0.25, 0.3) is 21.6 Å². The quantitative estimate of drug-likeness (QED) is 0.415. The zero-order chi connectivity index (χ0) is 15.0. The molecule has 0 unspecified atom stereocenters. The van der Waals surface area contributed by atoms with Crippen LogP contribution >= 0.6 is 22.9 Å². The molecule has 21 heavy (non-hydrogen) atoms. The number of hydrogen-bond acceptors (Lipinski definition) is 6. The van der Waals surface area contributed by atoms with Gasteiger partial charge in [0.25, 0.3) is 5.69 Å². The zero-order valence-corrected chi connectivity index (χ0v) is 12.3. The molecule has 0 bridgehead atoms. The number of rotatable bonds is 3. The number of ether oxygens (including phenoxy) is 1. The summed E-state index contributed by atoms with van der Waals surface area (Å²) in [4.78, 5) is 19.7. The van der Waals surface area contributed by atoms with Gasteiger partial charge in [-0.15, -0.1) is 11.3 Å². The molecule has 106 valence electrons. The number of non-ortho nitro benzene ring substituents is 1. The average Bonchev–Trinajstić information content (AvgIpc) is 2.95. The first-order chi connectivity index (χ1) is 10.1. The van der Waals surface area contributed by atoms with Crippen LogP contribution in [0.1, 0.15) is 0 Å². The highest BCUT2D eigenvalue weighted by Crippen LogP contribution is 2.35. The van der Waals surface area contributed by atoms with Gasteiger partial charge in [0, 0.05) is 17.5 Å². The van der Waals surface area contributed by atoms with Crippen molar-refractivity contribution in [1.29, 1.82) is 0 Å². The second-order valence-electron chi connectivity index (χ2n) is 4.11. The molecule has 3 aromatic rings. The number of methoxy groups -OCH3 is 1. The van der Waals surface area contributed by atoms with Crippen LogP contribution in [0.4, 0.5) is 5.69 Å². The van der Waals surface area contributed by atoms with Crippen LogP contribution in [-0.2, 0) is 0 Å². The maximum Gasteiger partial charge on any atom is 0.270 e. The van der Waals surface area contributed by atoms with Gasteiger partial charge in [0.15, 0.2) is 5.82 Å². The second kappa shape index (κ2) is 5.27. The van der Waals surface area contributed by atoms with Gasteiger partial charge in [-0.1, -0.05) is 11.6 Å². The summed E-state index contributed by atoms with van der Waals surface area (Å²) in [6.45, 7) is 0. The van der Waals surface area contributed by atoms with E-state index in [9.17, 15) is 10.1 Å². The fourth-order valence-electron chi connectivity index (χ4n) is 1.92. The predicted molar refractivity (Wildman–Crippen MR) is 81.1 cm³/mol. The molecule has 6 nitrogen and oxygen atoms in total. The standard InChI is InChI=1S/C13H8ClN3O3S/c1-20-10-4-5-21-11(10)13-15-9-3-2-7(17(18)19)6-8(9)12(14)16-13/h2-6H,1H3. The lowest BCUT2D eigenvalue weighted by Crippen LogP contribution is -1.94. The smallest absolute Gasteiger partial charge is 0.270 e. The molecule has 0 aliphatic heterocycles. The van der Waals surface area contributed by atoms with Gasteiger partial charge in [-0.05, 0) is 17.5 Å². The lowest BCUT2D eigenvalue weighted by atomic mass is 10.2. The molecule has 0 amide bonds. The van der Waals surface area contributed by atoms with Crippen molar-refractivity contribution >= 4 is 39.5 Å². The van der Waals surface area contributed by atoms with Crippen molar-refractivity contribution in [3.8, 4) is 16.5 Å². The van der Waals surface area contributed by atoms with Gasteiger partial charge in [-0.3, -0.25) is 10.1 Å². The van der Waals surface area contributed by atoms with Crippen molar-refractivity contribution in [2.45, 2.75) is 0 Å². The Bertz CT molecular complexity index is 850. The first-order valence-electron chi connectivity index (χ1n) is 5.83. The number of nitro benzene ring substituents is 1. The van der Waals surface area contributed by atoms with E-state index in [1.165, 1.54) is 23.5 Å². The normalized spacial score (nSPS) is 10.8. The minimum atomic E-state index is -0.480. The lowest BCUT2D eigenvalue weighted by Gasteiger charge is -2.05. The monoisotopic (exact) mass is 321 g/mol. The van der Waals surface area contributed by atoms with E-state index in [0.717, 1.165) is 4.88 Å². The van der Waals surface area contributed by atoms with Crippen molar-refractivity contribution in [1.82, 2.24) is 9.97 Å². The summed E-state index contributed by atoms with van der Waals surface area (Å²) in [5.41, 5.74) is 0.500. The van der Waals surface area contributed by atoms with Crippen molar-refractivity contribution in [3.05, 3.63) is 44.9 Å². The number of halogens is 1. The molecule has 0 radical (unpaired) electrons. The van der Waals surface area contributed by atoms with Gasteiger partial charge in [-0.25, -0.2) is 9.97 Å². The minimum Gasteiger partial charge on any atom is -0.495 e. The number of thiophene rings is 1. The first-order valence-corrected chi connectivity index (χ1v) is 7.09. The number of nitro groups is 1. The van der Waals surface area contributed by atoms with Crippen molar-refractivity contribution in [2.24, 2.45) is 0 Å². The third-order valence-corrected chi connectivity index (χ3v) is 4.08. The average molecular weight is 322 g/mol. The molecule has 2 heterocycles. The van der Waals surface area contributed by atoms with Gasteiger partial charge in [0.1, 0.15) is 15.8 Å². The van der Waals surface area contributed by atoms with E-state index in [0.29, 0.717) is 22.5 Å². The number of nitrogens with zero attached hydrogens (tertiary/aromatic N) is 3. The summed E-state index contributed by atoms with van der Waals surface area (Å²) in [5, 5.41) is 13.3. The van der Waals surface area contributed by atoms with E-state index >= 15 is 0 Å². The summed E-state index contributed by atoms with van der Waals surface area (Å²) < 4.78 is 5.24. The Balaban J connectivity index is 2.20. The molecular weight excluding hydrogens is 314 g/mol. The molecule has 0 saturated heterocycles. The topological polar surface area (TPSA) is 78.2 Å². The van der Waals surface area contributed by atoms with Gasteiger partial charge < -0.3 is 4.74 Å².